The van der Waals surface area contributed by atoms with Crippen LogP contribution in [0.1, 0.15) is 118 Å². The average Bonchev–Trinajstić information content (AvgIpc) is 2.71. The van der Waals surface area contributed by atoms with Gasteiger partial charge in [0.15, 0.2) is 11.6 Å². The number of carbonyl (C=O) groups excluding carboxylic acids is 2. The normalized spacial score (nSPS) is 13.0. The van der Waals surface area contributed by atoms with Crippen LogP contribution in [-0.4, -0.2) is 33.3 Å². The van der Waals surface area contributed by atoms with Gasteiger partial charge in [0.1, 0.15) is 0 Å². The predicted octanol–water partition coefficient (Wildman–Crippen LogP) is 8.67. The van der Waals surface area contributed by atoms with Gasteiger partial charge in [0.2, 0.25) is 0 Å². The average molecular weight is 487 g/mol. The maximum atomic E-state index is 11.4. The molecule has 0 unspecified atom stereocenters. The van der Waals surface area contributed by atoms with Crippen LogP contribution in [0.5, 0.6) is 0 Å². The van der Waals surface area contributed by atoms with Crippen LogP contribution in [0.3, 0.4) is 0 Å². The van der Waals surface area contributed by atoms with Gasteiger partial charge in [0, 0.05) is 22.7 Å². The van der Waals surface area contributed by atoms with Crippen LogP contribution in [0.25, 0.3) is 0 Å². The Bertz CT molecular complexity index is 537. The van der Waals surface area contributed by atoms with Crippen molar-refractivity contribution in [1.82, 2.24) is 0 Å². The lowest BCUT2D eigenvalue weighted by atomic mass is 10.0. The third kappa shape index (κ3) is 17.6. The first kappa shape index (κ1) is 31.1. The minimum Gasteiger partial charge on any atom is -0.512 e. The number of aliphatic hydroxyl groups excluding tert-OH is 2. The molecule has 0 aliphatic carbocycles. The topological polar surface area (TPSA) is 74.6 Å². The van der Waals surface area contributed by atoms with Crippen LogP contribution >= 0.6 is 21.6 Å². The van der Waals surface area contributed by atoms with Gasteiger partial charge >= 0.3 is 0 Å². The van der Waals surface area contributed by atoms with E-state index in [9.17, 15) is 19.8 Å². The molecule has 0 radical (unpaired) electrons. The molecule has 2 N–H and O–H groups in total. The number of Topliss-reactive ketones (excluding diaryl/α,β-unsaturated/α-hetero) is 2. The molecule has 186 valence electrons. The number of aliphatic hydroxyl groups is 2. The Labute approximate surface area is 204 Å². The lowest BCUT2D eigenvalue weighted by molar-refractivity contribution is -0.114. The van der Waals surface area contributed by atoms with Crippen molar-refractivity contribution in [3.8, 4) is 0 Å². The second-order valence-electron chi connectivity index (χ2n) is 8.63. The second-order valence-corrected chi connectivity index (χ2v) is 11.3. The maximum absolute atomic E-state index is 11.4. The second kappa shape index (κ2) is 20.7. The number of ketones is 2. The first-order valence-electron chi connectivity index (χ1n) is 12.3. The Balaban J connectivity index is 3.37. The van der Waals surface area contributed by atoms with Gasteiger partial charge in [0.05, 0.1) is 11.5 Å². The highest BCUT2D eigenvalue weighted by Crippen LogP contribution is 2.25. The van der Waals surface area contributed by atoms with E-state index in [2.05, 4.69) is 0 Å². The fraction of sp³-hybridized carbons (Fsp3) is 0.769. The highest BCUT2D eigenvalue weighted by Gasteiger charge is 2.08. The first-order valence-corrected chi connectivity index (χ1v) is 14.8. The first-order chi connectivity index (χ1) is 15.3. The van der Waals surface area contributed by atoms with Gasteiger partial charge in [-0.3, -0.25) is 9.59 Å². The summed E-state index contributed by atoms with van der Waals surface area (Å²) in [5.74, 6) is 2.79. The molecule has 0 bridgehead atoms. The van der Waals surface area contributed by atoms with E-state index in [4.69, 9.17) is 0 Å². The molecule has 0 saturated carbocycles. The molecule has 6 heteroatoms. The van der Waals surface area contributed by atoms with Crippen molar-refractivity contribution in [1.29, 1.82) is 0 Å². The van der Waals surface area contributed by atoms with Crippen molar-refractivity contribution in [2.24, 2.45) is 0 Å². The van der Waals surface area contributed by atoms with Crippen LogP contribution in [-0.2, 0) is 9.59 Å². The van der Waals surface area contributed by atoms with Gasteiger partial charge in [-0.05, 0) is 66.2 Å². The third-order valence-electron chi connectivity index (χ3n) is 5.62. The minimum absolute atomic E-state index is 0.00858. The van der Waals surface area contributed by atoms with Gasteiger partial charge < -0.3 is 10.2 Å². The summed E-state index contributed by atoms with van der Waals surface area (Å²) >= 11 is 0. The van der Waals surface area contributed by atoms with Gasteiger partial charge in [-0.2, -0.15) is 0 Å². The summed E-state index contributed by atoms with van der Waals surface area (Å²) in [6, 6.07) is 0. The summed E-state index contributed by atoms with van der Waals surface area (Å²) in [6.07, 6.45) is 15.6. The summed E-state index contributed by atoms with van der Waals surface area (Å²) in [6.45, 7) is 6.25. The van der Waals surface area contributed by atoms with Gasteiger partial charge in [-0.15, -0.1) is 0 Å². The van der Waals surface area contributed by atoms with E-state index in [0.717, 1.165) is 25.7 Å². The Kier molecular flexibility index (Phi) is 20.1. The van der Waals surface area contributed by atoms with Crippen LogP contribution in [0, 0.1) is 0 Å². The molecule has 0 aromatic heterocycles. The van der Waals surface area contributed by atoms with Crippen LogP contribution in [0.15, 0.2) is 22.7 Å². The van der Waals surface area contributed by atoms with Crippen molar-refractivity contribution in [2.45, 2.75) is 118 Å². The summed E-state index contributed by atoms with van der Waals surface area (Å²) in [4.78, 5) is 22.8. The molecule has 0 aromatic rings. The largest absolute Gasteiger partial charge is 0.512 e. The van der Waals surface area contributed by atoms with Crippen LogP contribution in [0.2, 0.25) is 0 Å². The zero-order valence-corrected chi connectivity index (χ0v) is 22.5. The number of hydrogen-bond donors (Lipinski definition) is 2. The molecule has 0 aromatic carbocycles. The predicted molar refractivity (Wildman–Crippen MR) is 142 cm³/mol. The van der Waals surface area contributed by atoms with Crippen molar-refractivity contribution < 1.29 is 19.8 Å². The molecule has 0 saturated heterocycles. The van der Waals surface area contributed by atoms with E-state index < -0.39 is 0 Å². The van der Waals surface area contributed by atoms with E-state index in [1.807, 2.05) is 21.6 Å². The van der Waals surface area contributed by atoms with Crippen molar-refractivity contribution in [3.05, 3.63) is 22.7 Å². The Morgan fingerprint density at radius 2 is 0.781 bits per heavy atom. The Morgan fingerprint density at radius 1 is 0.500 bits per heavy atom. The highest BCUT2D eigenvalue weighted by atomic mass is 33.1. The number of allylic oxidation sites excluding steroid dienone is 4. The molecule has 0 spiro atoms. The molecular weight excluding hydrogens is 440 g/mol. The quantitative estimate of drug-likeness (QED) is 0.0731. The molecule has 0 rings (SSSR count). The summed E-state index contributed by atoms with van der Waals surface area (Å²) in [5.41, 5.74) is 1.18. The number of unbranched alkanes of at least 4 members (excludes halogenated alkanes) is 10. The third-order valence-corrected chi connectivity index (χ3v) is 8.19. The standard InChI is InChI=1S/C26H46O4S2/c1-21(27)25(22(2)28)17-13-9-5-7-11-15-19-31-32-20-16-12-8-6-10-14-18-26(23(3)29)24(4)30/h27,29H,5-20H2,1-4H3/b25-21-,26-23-. The van der Waals surface area contributed by atoms with E-state index in [1.54, 1.807) is 13.8 Å². The van der Waals surface area contributed by atoms with Crippen LogP contribution < -0.4 is 0 Å². The number of rotatable bonds is 21. The smallest absolute Gasteiger partial charge is 0.159 e. The minimum atomic E-state index is -0.00858. The SMILES string of the molecule is CC(=O)/C(CCCCCCCCSSCCCCCCCC/C(C(C)=O)=C(\C)O)=C(/C)O. The van der Waals surface area contributed by atoms with E-state index in [0.29, 0.717) is 24.0 Å². The molecular formula is C26H46O4S2. The molecule has 0 fully saturated rings. The fourth-order valence-corrected chi connectivity index (χ4v) is 5.97. The van der Waals surface area contributed by atoms with Crippen molar-refractivity contribution >= 4 is 33.2 Å². The molecule has 0 amide bonds. The van der Waals surface area contributed by atoms with E-state index in [-0.39, 0.29) is 23.1 Å². The number of hydrogen-bond acceptors (Lipinski definition) is 6. The van der Waals surface area contributed by atoms with Gasteiger partial charge in [0.25, 0.3) is 0 Å². The zero-order valence-electron chi connectivity index (χ0n) is 20.8. The molecule has 4 nitrogen and oxygen atoms in total. The monoisotopic (exact) mass is 486 g/mol. The maximum Gasteiger partial charge on any atom is 0.159 e. The van der Waals surface area contributed by atoms with Crippen molar-refractivity contribution in [2.75, 3.05) is 11.5 Å². The molecule has 0 atom stereocenters. The summed E-state index contributed by atoms with van der Waals surface area (Å²) < 4.78 is 0. The molecule has 32 heavy (non-hydrogen) atoms. The lowest BCUT2D eigenvalue weighted by Crippen LogP contribution is -2.00. The van der Waals surface area contributed by atoms with Gasteiger partial charge in [-0.25, -0.2) is 0 Å². The highest BCUT2D eigenvalue weighted by molar-refractivity contribution is 8.76. The van der Waals surface area contributed by atoms with Gasteiger partial charge in [-0.1, -0.05) is 73.0 Å². The number of carbonyl (C=O) groups is 2. The lowest BCUT2D eigenvalue weighted by Gasteiger charge is -2.06. The molecule has 0 heterocycles. The van der Waals surface area contributed by atoms with Crippen LogP contribution in [0.4, 0.5) is 0 Å². The Morgan fingerprint density at radius 3 is 1.06 bits per heavy atom. The van der Waals surface area contributed by atoms with Crippen molar-refractivity contribution in [3.63, 3.8) is 0 Å². The van der Waals surface area contributed by atoms with E-state index in [1.165, 1.54) is 76.7 Å². The molecule has 0 aliphatic heterocycles. The molecule has 0 aliphatic rings. The van der Waals surface area contributed by atoms with E-state index >= 15 is 0 Å². The zero-order chi connectivity index (χ0) is 24.2. The fourth-order valence-electron chi connectivity index (χ4n) is 3.68. The Hall–Kier alpha value is -0.880. The summed E-state index contributed by atoms with van der Waals surface area (Å²) in [7, 11) is 3.99. The summed E-state index contributed by atoms with van der Waals surface area (Å²) in [5, 5.41) is 19.0.